The molecule has 0 N–H and O–H groups in total. The monoisotopic (exact) mass is 342 g/mol. The molecule has 0 amide bonds. The van der Waals surface area contributed by atoms with E-state index >= 15 is 0 Å². The molecule has 0 aliphatic rings. The van der Waals surface area contributed by atoms with Crippen molar-refractivity contribution in [2.75, 3.05) is 12.0 Å². The average Bonchev–Trinajstić information content (AvgIpc) is 2.19. The van der Waals surface area contributed by atoms with Crippen molar-refractivity contribution in [2.24, 2.45) is 10.8 Å². The SMILES string of the molecule is CC(C)(CCC(C)(C(F)(F)F)C(F)(F)F)CCS(C)(=O)=O. The Kier molecular flexibility index (Phi) is 5.83. The van der Waals surface area contributed by atoms with Crippen molar-refractivity contribution in [3.05, 3.63) is 0 Å². The van der Waals surface area contributed by atoms with Gasteiger partial charge in [-0.15, -0.1) is 0 Å². The number of hydrogen-bond donors (Lipinski definition) is 0. The number of alkyl halides is 6. The third-order valence-electron chi connectivity index (χ3n) is 3.70. The largest absolute Gasteiger partial charge is 0.402 e. The van der Waals surface area contributed by atoms with Gasteiger partial charge in [-0.1, -0.05) is 13.8 Å². The van der Waals surface area contributed by atoms with E-state index in [1.165, 1.54) is 13.8 Å². The summed E-state index contributed by atoms with van der Waals surface area (Å²) in [4.78, 5) is 0. The number of sulfone groups is 1. The summed E-state index contributed by atoms with van der Waals surface area (Å²) in [6, 6.07) is 0. The van der Waals surface area contributed by atoms with Gasteiger partial charge < -0.3 is 0 Å². The number of rotatable bonds is 6. The highest BCUT2D eigenvalue weighted by Crippen LogP contribution is 2.54. The van der Waals surface area contributed by atoms with E-state index in [0.29, 0.717) is 0 Å². The van der Waals surface area contributed by atoms with Crippen LogP contribution in [0.15, 0.2) is 0 Å². The first-order valence-corrected chi connectivity index (χ1v) is 8.29. The Balaban J connectivity index is 5.01. The molecule has 0 atom stereocenters. The minimum Gasteiger partial charge on any atom is -0.229 e. The Morgan fingerprint density at radius 1 is 0.762 bits per heavy atom. The molecule has 0 heterocycles. The van der Waals surface area contributed by atoms with E-state index in [1.54, 1.807) is 0 Å². The second-order valence-electron chi connectivity index (χ2n) is 6.37. The summed E-state index contributed by atoms with van der Waals surface area (Å²) in [6.07, 6.45) is -11.3. The zero-order chi connectivity index (χ0) is 17.3. The zero-order valence-corrected chi connectivity index (χ0v) is 13.1. The molecule has 0 spiro atoms. The van der Waals surface area contributed by atoms with Crippen LogP contribution in [-0.2, 0) is 9.84 Å². The Morgan fingerprint density at radius 2 is 1.14 bits per heavy atom. The van der Waals surface area contributed by atoms with Crippen LogP contribution in [0.4, 0.5) is 26.3 Å². The topological polar surface area (TPSA) is 34.1 Å². The normalized spacial score (nSPS) is 15.3. The van der Waals surface area contributed by atoms with Gasteiger partial charge in [-0.25, -0.2) is 8.42 Å². The molecule has 9 heteroatoms. The first kappa shape index (κ1) is 20.5. The summed E-state index contributed by atoms with van der Waals surface area (Å²) >= 11 is 0. The maximum atomic E-state index is 12.7. The van der Waals surface area contributed by atoms with Gasteiger partial charge in [-0.3, -0.25) is 0 Å². The third-order valence-corrected chi connectivity index (χ3v) is 4.65. The predicted octanol–water partition coefficient (Wildman–Crippen LogP) is 4.36. The van der Waals surface area contributed by atoms with Crippen molar-refractivity contribution in [1.29, 1.82) is 0 Å². The molecular weight excluding hydrogens is 322 g/mol. The maximum Gasteiger partial charge on any atom is 0.402 e. The fraction of sp³-hybridized carbons (Fsp3) is 1.00. The number of hydrogen-bond acceptors (Lipinski definition) is 2. The quantitative estimate of drug-likeness (QED) is 0.672. The zero-order valence-electron chi connectivity index (χ0n) is 12.3. The summed E-state index contributed by atoms with van der Waals surface area (Å²) in [7, 11) is -3.31. The highest BCUT2D eigenvalue weighted by molar-refractivity contribution is 7.90. The summed E-state index contributed by atoms with van der Waals surface area (Å²) in [5, 5.41) is 0. The Bertz CT molecular complexity index is 433. The van der Waals surface area contributed by atoms with Crippen molar-refractivity contribution in [3.8, 4) is 0 Å². The van der Waals surface area contributed by atoms with Crippen LogP contribution in [0.3, 0.4) is 0 Å². The Hall–Kier alpha value is -0.470. The molecule has 0 aromatic heterocycles. The van der Waals surface area contributed by atoms with Crippen molar-refractivity contribution < 1.29 is 34.8 Å². The molecule has 0 aliphatic carbocycles. The van der Waals surface area contributed by atoms with Gasteiger partial charge in [-0.2, -0.15) is 26.3 Å². The molecule has 0 unspecified atom stereocenters. The molecule has 21 heavy (non-hydrogen) atoms. The van der Waals surface area contributed by atoms with Gasteiger partial charge >= 0.3 is 12.4 Å². The lowest BCUT2D eigenvalue weighted by atomic mass is 9.76. The van der Waals surface area contributed by atoms with E-state index in [-0.39, 0.29) is 25.5 Å². The van der Waals surface area contributed by atoms with E-state index in [9.17, 15) is 34.8 Å². The third kappa shape index (κ3) is 6.04. The predicted molar refractivity (Wildman–Crippen MR) is 67.6 cm³/mol. The van der Waals surface area contributed by atoms with Crippen LogP contribution >= 0.6 is 0 Å². The second kappa shape index (κ2) is 5.96. The lowest BCUT2D eigenvalue weighted by Crippen LogP contribution is -2.48. The molecule has 128 valence electrons. The van der Waals surface area contributed by atoms with Gasteiger partial charge in [-0.05, 0) is 31.6 Å². The van der Waals surface area contributed by atoms with Gasteiger partial charge in [0.15, 0.2) is 5.41 Å². The van der Waals surface area contributed by atoms with Crippen molar-refractivity contribution in [2.45, 2.75) is 52.4 Å². The maximum absolute atomic E-state index is 12.7. The van der Waals surface area contributed by atoms with Crippen LogP contribution in [-0.4, -0.2) is 32.8 Å². The highest BCUT2D eigenvalue weighted by Gasteiger charge is 2.66. The molecule has 0 fully saturated rings. The van der Waals surface area contributed by atoms with Crippen LogP contribution in [0.1, 0.15) is 40.0 Å². The van der Waals surface area contributed by atoms with Crippen LogP contribution < -0.4 is 0 Å². The average molecular weight is 342 g/mol. The van der Waals surface area contributed by atoms with Gasteiger partial charge in [0.2, 0.25) is 0 Å². The van der Waals surface area contributed by atoms with Crippen molar-refractivity contribution in [3.63, 3.8) is 0 Å². The van der Waals surface area contributed by atoms with Crippen LogP contribution in [0.5, 0.6) is 0 Å². The Morgan fingerprint density at radius 3 is 1.43 bits per heavy atom. The molecule has 0 saturated carbocycles. The summed E-state index contributed by atoms with van der Waals surface area (Å²) in [6.45, 7) is 3.07. The van der Waals surface area contributed by atoms with E-state index in [2.05, 4.69) is 0 Å². The summed E-state index contributed by atoms with van der Waals surface area (Å²) in [5.41, 5.74) is -4.72. The van der Waals surface area contributed by atoms with E-state index in [4.69, 9.17) is 0 Å². The van der Waals surface area contributed by atoms with Crippen molar-refractivity contribution >= 4 is 9.84 Å². The lowest BCUT2D eigenvalue weighted by Gasteiger charge is -2.36. The highest BCUT2D eigenvalue weighted by atomic mass is 32.2. The Labute approximate surface area is 120 Å². The lowest BCUT2D eigenvalue weighted by molar-refractivity contribution is -0.337. The van der Waals surface area contributed by atoms with Gasteiger partial charge in [0.05, 0.1) is 5.75 Å². The molecule has 2 nitrogen and oxygen atoms in total. The minimum atomic E-state index is -5.40. The summed E-state index contributed by atoms with van der Waals surface area (Å²) < 4.78 is 98.5. The number of halogens is 6. The van der Waals surface area contributed by atoms with Crippen molar-refractivity contribution in [1.82, 2.24) is 0 Å². The van der Waals surface area contributed by atoms with Gasteiger partial charge in [0, 0.05) is 6.26 Å². The van der Waals surface area contributed by atoms with E-state index < -0.39 is 39.4 Å². The van der Waals surface area contributed by atoms with Gasteiger partial charge in [0.25, 0.3) is 0 Å². The van der Waals surface area contributed by atoms with Crippen LogP contribution in [0.2, 0.25) is 0 Å². The minimum absolute atomic E-state index is 0.0115. The van der Waals surface area contributed by atoms with Gasteiger partial charge in [0.1, 0.15) is 9.84 Å². The van der Waals surface area contributed by atoms with Crippen LogP contribution in [0.25, 0.3) is 0 Å². The molecule has 0 bridgehead atoms. The fourth-order valence-electron chi connectivity index (χ4n) is 1.62. The molecule has 0 aromatic rings. The van der Waals surface area contributed by atoms with E-state index in [0.717, 1.165) is 6.26 Å². The summed E-state index contributed by atoms with van der Waals surface area (Å²) in [5.74, 6) is -0.269. The first-order chi connectivity index (χ1) is 8.91. The molecule has 0 aromatic carbocycles. The molecule has 0 aliphatic heterocycles. The molecule has 0 saturated heterocycles. The van der Waals surface area contributed by atoms with E-state index in [1.807, 2.05) is 0 Å². The second-order valence-corrected chi connectivity index (χ2v) is 8.63. The van der Waals surface area contributed by atoms with Crippen LogP contribution in [0, 0.1) is 10.8 Å². The smallest absolute Gasteiger partial charge is 0.229 e. The standard InChI is InChI=1S/C12H20F6O2S/c1-9(2,7-8-21(4,19)20)5-6-10(3,11(13,14)15)12(16,17)18/h5-8H2,1-4H3. The molecule has 0 radical (unpaired) electrons. The molecule has 0 rings (SSSR count). The first-order valence-electron chi connectivity index (χ1n) is 6.22. The molecular formula is C12H20F6O2S. The fourth-order valence-corrected chi connectivity index (χ4v) is 2.54.